The molecule has 1 aliphatic heterocycles. The van der Waals surface area contributed by atoms with Crippen molar-refractivity contribution in [2.75, 3.05) is 0 Å². The molecule has 122 valence electrons. The molecule has 0 aromatic carbocycles. The Kier molecular flexibility index (Phi) is 4.35. The molecule has 0 bridgehead atoms. The Morgan fingerprint density at radius 1 is 1.59 bits per heavy atom. The predicted octanol–water partition coefficient (Wildman–Crippen LogP) is 2.14. The van der Waals surface area contributed by atoms with Gasteiger partial charge in [0.1, 0.15) is 0 Å². The number of halogens is 4. The normalized spacial score (nSPS) is 23.6. The summed E-state index contributed by atoms with van der Waals surface area (Å²) in [6.07, 6.45) is -2.64. The van der Waals surface area contributed by atoms with E-state index in [1.165, 1.54) is 24.7 Å². The average molecular weight is 383 g/mol. The Morgan fingerprint density at radius 2 is 2.23 bits per heavy atom. The number of aromatic nitrogens is 2. The molecule has 2 rings (SSSR count). The Morgan fingerprint density at radius 3 is 2.73 bits per heavy atom. The van der Waals surface area contributed by atoms with Crippen LogP contribution >= 0.6 is 15.9 Å². The highest BCUT2D eigenvalue weighted by Gasteiger charge is 2.62. The number of rotatable bonds is 3. The van der Waals surface area contributed by atoms with Gasteiger partial charge >= 0.3 is 6.18 Å². The fourth-order valence-corrected chi connectivity index (χ4v) is 2.51. The van der Waals surface area contributed by atoms with Gasteiger partial charge in [-0.15, -0.1) is 0 Å². The minimum absolute atomic E-state index is 0.0437. The van der Waals surface area contributed by atoms with Crippen LogP contribution in [0.4, 0.5) is 13.2 Å². The zero-order chi connectivity index (χ0) is 16.7. The van der Waals surface area contributed by atoms with E-state index in [1.807, 2.05) is 0 Å². The molecule has 0 aliphatic carbocycles. The lowest BCUT2D eigenvalue weighted by atomic mass is 10.1. The molecular weight excluding hydrogens is 369 g/mol. The zero-order valence-corrected chi connectivity index (χ0v) is 13.4. The van der Waals surface area contributed by atoms with Gasteiger partial charge in [-0.2, -0.15) is 28.4 Å². The van der Waals surface area contributed by atoms with Crippen molar-refractivity contribution in [2.24, 2.45) is 11.0 Å². The first-order chi connectivity index (χ1) is 10.0. The first-order valence-corrected chi connectivity index (χ1v) is 7.19. The lowest BCUT2D eigenvalue weighted by Crippen LogP contribution is -2.57. The smallest absolute Gasteiger partial charge is 0.362 e. The second-order valence-electron chi connectivity index (χ2n) is 5.26. The average Bonchev–Trinajstić information content (AvgIpc) is 2.92. The fourth-order valence-electron chi connectivity index (χ4n) is 2.18. The van der Waals surface area contributed by atoms with E-state index in [2.05, 4.69) is 26.1 Å². The van der Waals surface area contributed by atoms with Crippen molar-refractivity contribution in [3.63, 3.8) is 0 Å². The molecule has 0 spiro atoms. The van der Waals surface area contributed by atoms with Gasteiger partial charge in [0.25, 0.3) is 5.72 Å². The van der Waals surface area contributed by atoms with Crippen LogP contribution in [0.2, 0.25) is 0 Å². The van der Waals surface area contributed by atoms with Crippen molar-refractivity contribution in [1.82, 2.24) is 14.8 Å². The number of carbonyl (C=O) groups excluding carboxylic acids is 1. The van der Waals surface area contributed by atoms with Gasteiger partial charge in [0.15, 0.2) is 0 Å². The lowest BCUT2D eigenvalue weighted by molar-refractivity contribution is -0.303. The third-order valence-corrected chi connectivity index (χ3v) is 3.68. The van der Waals surface area contributed by atoms with E-state index in [-0.39, 0.29) is 17.3 Å². The molecule has 0 saturated heterocycles. The summed E-state index contributed by atoms with van der Waals surface area (Å²) in [5, 5.41) is 17.5. The van der Waals surface area contributed by atoms with Crippen molar-refractivity contribution in [3.8, 4) is 0 Å². The third-order valence-electron chi connectivity index (χ3n) is 3.27. The standard InChI is InChI=1S/C12H14BrF3N4O2/c1-7(5-19-6-9(13)4-17-19)10(21)20-11(22,12(14,15)16)3-8(2)18-20/h4,6-7,22H,3,5H2,1-2H3/t7-,11-/m0/s1. The van der Waals surface area contributed by atoms with Crippen LogP contribution in [0.1, 0.15) is 20.3 Å². The number of hydrazone groups is 1. The van der Waals surface area contributed by atoms with Crippen LogP contribution in [0.15, 0.2) is 22.0 Å². The summed E-state index contributed by atoms with van der Waals surface area (Å²) in [7, 11) is 0. The Hall–Kier alpha value is -1.42. The van der Waals surface area contributed by atoms with E-state index in [9.17, 15) is 23.1 Å². The molecule has 1 aliphatic rings. The quantitative estimate of drug-likeness (QED) is 0.870. The van der Waals surface area contributed by atoms with Gasteiger partial charge < -0.3 is 5.11 Å². The van der Waals surface area contributed by atoms with E-state index < -0.39 is 30.1 Å². The third kappa shape index (κ3) is 3.02. The second kappa shape index (κ2) is 5.65. The topological polar surface area (TPSA) is 70.7 Å². The molecule has 2 heterocycles. The van der Waals surface area contributed by atoms with Crippen molar-refractivity contribution in [3.05, 3.63) is 16.9 Å². The second-order valence-corrected chi connectivity index (χ2v) is 6.17. The van der Waals surface area contributed by atoms with Crippen LogP contribution in [0.5, 0.6) is 0 Å². The van der Waals surface area contributed by atoms with Crippen molar-refractivity contribution in [2.45, 2.75) is 38.7 Å². The van der Waals surface area contributed by atoms with E-state index in [4.69, 9.17) is 0 Å². The lowest BCUT2D eigenvalue weighted by Gasteiger charge is -2.33. The van der Waals surface area contributed by atoms with Crippen molar-refractivity contribution < 1.29 is 23.1 Å². The zero-order valence-electron chi connectivity index (χ0n) is 11.8. The van der Waals surface area contributed by atoms with Gasteiger partial charge in [-0.25, -0.2) is 0 Å². The molecular formula is C12H14BrF3N4O2. The molecule has 22 heavy (non-hydrogen) atoms. The Labute approximate surface area is 132 Å². The SMILES string of the molecule is CC1=NN(C(=O)[C@@H](C)Cn2cc(Br)cn2)[C@@](O)(C(F)(F)F)C1. The molecule has 1 amide bonds. The van der Waals surface area contributed by atoms with Crippen LogP contribution < -0.4 is 0 Å². The number of carbonyl (C=O) groups is 1. The maximum atomic E-state index is 13.1. The summed E-state index contributed by atoms with van der Waals surface area (Å²) in [5.74, 6) is -1.75. The monoisotopic (exact) mass is 382 g/mol. The maximum absolute atomic E-state index is 13.1. The first kappa shape index (κ1) is 16.9. The molecule has 0 fully saturated rings. The predicted molar refractivity (Wildman–Crippen MR) is 74.7 cm³/mol. The van der Waals surface area contributed by atoms with Crippen LogP contribution in [-0.4, -0.2) is 43.4 Å². The largest absolute Gasteiger partial charge is 0.438 e. The number of hydrogen-bond acceptors (Lipinski definition) is 4. The molecule has 1 N–H and O–H groups in total. The number of hydrogen-bond donors (Lipinski definition) is 1. The van der Waals surface area contributed by atoms with E-state index in [0.717, 1.165) is 0 Å². The molecule has 0 radical (unpaired) electrons. The van der Waals surface area contributed by atoms with Gasteiger partial charge in [-0.3, -0.25) is 9.48 Å². The van der Waals surface area contributed by atoms with E-state index in [0.29, 0.717) is 4.47 Å². The molecule has 1 aromatic heterocycles. The molecule has 0 unspecified atom stereocenters. The van der Waals surface area contributed by atoms with Gasteiger partial charge in [0.05, 0.1) is 23.1 Å². The van der Waals surface area contributed by atoms with Gasteiger partial charge in [0.2, 0.25) is 5.91 Å². The van der Waals surface area contributed by atoms with Gasteiger partial charge in [-0.1, -0.05) is 6.92 Å². The maximum Gasteiger partial charge on any atom is 0.438 e. The highest BCUT2D eigenvalue weighted by Crippen LogP contribution is 2.40. The van der Waals surface area contributed by atoms with E-state index >= 15 is 0 Å². The highest BCUT2D eigenvalue weighted by atomic mass is 79.9. The number of nitrogens with zero attached hydrogens (tertiary/aromatic N) is 4. The number of amides is 1. The summed E-state index contributed by atoms with van der Waals surface area (Å²) in [4.78, 5) is 12.3. The molecule has 0 saturated carbocycles. The molecule has 10 heteroatoms. The number of alkyl halides is 3. The highest BCUT2D eigenvalue weighted by molar-refractivity contribution is 9.10. The molecule has 1 aromatic rings. The summed E-state index contributed by atoms with van der Waals surface area (Å²) in [6, 6.07) is 0. The van der Waals surface area contributed by atoms with Crippen LogP contribution in [0, 0.1) is 5.92 Å². The summed E-state index contributed by atoms with van der Waals surface area (Å²) < 4.78 is 41.4. The molecule has 2 atom stereocenters. The Bertz CT molecular complexity index is 616. The summed E-state index contributed by atoms with van der Waals surface area (Å²) >= 11 is 3.19. The Balaban J connectivity index is 2.19. The van der Waals surface area contributed by atoms with Crippen LogP contribution in [-0.2, 0) is 11.3 Å². The minimum Gasteiger partial charge on any atom is -0.362 e. The summed E-state index contributed by atoms with van der Waals surface area (Å²) in [6.45, 7) is 2.86. The fraction of sp³-hybridized carbons (Fsp3) is 0.583. The minimum atomic E-state index is -4.99. The van der Waals surface area contributed by atoms with Gasteiger partial charge in [-0.05, 0) is 22.9 Å². The summed E-state index contributed by atoms with van der Waals surface area (Å²) in [5.41, 5.74) is -3.24. The van der Waals surface area contributed by atoms with Gasteiger partial charge in [0, 0.05) is 18.3 Å². The first-order valence-electron chi connectivity index (χ1n) is 6.40. The van der Waals surface area contributed by atoms with Crippen molar-refractivity contribution in [1.29, 1.82) is 0 Å². The molecule has 6 nitrogen and oxygen atoms in total. The van der Waals surface area contributed by atoms with Crippen LogP contribution in [0.25, 0.3) is 0 Å². The van der Waals surface area contributed by atoms with E-state index in [1.54, 1.807) is 6.20 Å². The number of aliphatic hydroxyl groups is 1. The van der Waals surface area contributed by atoms with Crippen LogP contribution in [0.3, 0.4) is 0 Å². The van der Waals surface area contributed by atoms with Crippen molar-refractivity contribution >= 4 is 27.5 Å².